The molecule has 4 aromatic rings. The monoisotopic (exact) mass is 456 g/mol. The van der Waals surface area contributed by atoms with E-state index < -0.39 is 0 Å². The van der Waals surface area contributed by atoms with Gasteiger partial charge in [-0.15, -0.1) is 0 Å². The average Bonchev–Trinajstić information content (AvgIpc) is 3.18. The molecule has 1 aliphatic rings. The van der Waals surface area contributed by atoms with Gasteiger partial charge in [-0.2, -0.15) is 5.10 Å². The third-order valence-corrected chi connectivity index (χ3v) is 6.01. The number of aryl methyl sites for hydroxylation is 2. The van der Waals surface area contributed by atoms with Crippen molar-refractivity contribution in [3.63, 3.8) is 0 Å². The lowest BCUT2D eigenvalue weighted by Crippen LogP contribution is -2.36. The van der Waals surface area contributed by atoms with Gasteiger partial charge in [0.1, 0.15) is 0 Å². The molecule has 1 aromatic carbocycles. The predicted molar refractivity (Wildman–Crippen MR) is 130 cm³/mol. The number of aromatic nitrogens is 4. The van der Waals surface area contributed by atoms with Gasteiger partial charge in [-0.05, 0) is 62.2 Å². The van der Waals surface area contributed by atoms with E-state index in [1.807, 2.05) is 78.1 Å². The first-order valence-corrected chi connectivity index (χ1v) is 11.5. The Balaban J connectivity index is 1.31. The molecular weight excluding hydrogens is 428 g/mol. The second kappa shape index (κ2) is 9.61. The number of hydrogen-bond acceptors (Lipinski definition) is 6. The zero-order valence-electron chi connectivity index (χ0n) is 19.4. The maximum absolute atomic E-state index is 13.4. The quantitative estimate of drug-likeness (QED) is 0.492. The molecule has 34 heavy (non-hydrogen) atoms. The number of hydrogen-bond donors (Lipinski definition) is 1. The number of anilines is 2. The minimum atomic E-state index is 0.00283. The number of carbonyl (C=O) groups is 1. The Hall–Kier alpha value is -3.78. The molecule has 1 fully saturated rings. The summed E-state index contributed by atoms with van der Waals surface area (Å²) in [6.45, 7) is 6.25. The number of carbonyl (C=O) groups excluding carboxylic acids is 1. The maximum atomic E-state index is 13.4. The zero-order valence-corrected chi connectivity index (χ0v) is 19.4. The van der Waals surface area contributed by atoms with Crippen molar-refractivity contribution in [3.8, 4) is 0 Å². The highest BCUT2D eigenvalue weighted by molar-refractivity contribution is 5.95. The molecule has 1 saturated heterocycles. The SMILES string of the molecule is Cc1cc(C)nc(Nc2cccc(C(=O)N3CCOC[C@H](Cc4cccn5nccc45)C3)c2)n1. The van der Waals surface area contributed by atoms with Crippen LogP contribution in [0.2, 0.25) is 0 Å². The molecule has 1 amide bonds. The number of fused-ring (bicyclic) bond motifs is 1. The minimum Gasteiger partial charge on any atom is -0.379 e. The van der Waals surface area contributed by atoms with Crippen molar-refractivity contribution < 1.29 is 9.53 Å². The summed E-state index contributed by atoms with van der Waals surface area (Å²) in [6, 6.07) is 15.6. The number of nitrogens with zero attached hydrogens (tertiary/aromatic N) is 5. The molecule has 0 spiro atoms. The van der Waals surface area contributed by atoms with Crippen LogP contribution in [-0.2, 0) is 11.2 Å². The van der Waals surface area contributed by atoms with Gasteiger partial charge in [-0.25, -0.2) is 14.5 Å². The van der Waals surface area contributed by atoms with Crippen LogP contribution >= 0.6 is 0 Å². The van der Waals surface area contributed by atoms with Gasteiger partial charge in [0.05, 0.1) is 18.7 Å². The fourth-order valence-corrected chi connectivity index (χ4v) is 4.51. The number of nitrogens with one attached hydrogen (secondary N) is 1. The normalized spacial score (nSPS) is 16.4. The largest absolute Gasteiger partial charge is 0.379 e. The van der Waals surface area contributed by atoms with Gasteiger partial charge >= 0.3 is 0 Å². The molecule has 0 radical (unpaired) electrons. The van der Waals surface area contributed by atoms with Crippen molar-refractivity contribution in [1.29, 1.82) is 0 Å². The number of benzene rings is 1. The molecular formula is C26H28N6O2. The summed E-state index contributed by atoms with van der Waals surface area (Å²) in [5, 5.41) is 7.55. The van der Waals surface area contributed by atoms with E-state index >= 15 is 0 Å². The summed E-state index contributed by atoms with van der Waals surface area (Å²) in [6.07, 6.45) is 4.58. The first kappa shape index (κ1) is 22.0. The number of pyridine rings is 1. The minimum absolute atomic E-state index is 0.00283. The van der Waals surface area contributed by atoms with Crippen molar-refractivity contribution in [2.45, 2.75) is 20.3 Å². The van der Waals surface area contributed by atoms with Crippen LogP contribution < -0.4 is 5.32 Å². The molecule has 1 N–H and O–H groups in total. The van der Waals surface area contributed by atoms with Crippen LogP contribution in [-0.4, -0.2) is 56.7 Å². The summed E-state index contributed by atoms with van der Waals surface area (Å²) in [4.78, 5) is 24.2. The van der Waals surface area contributed by atoms with E-state index in [1.54, 1.807) is 0 Å². The van der Waals surface area contributed by atoms with E-state index in [1.165, 1.54) is 5.56 Å². The van der Waals surface area contributed by atoms with E-state index in [4.69, 9.17) is 4.74 Å². The molecule has 0 unspecified atom stereocenters. The van der Waals surface area contributed by atoms with Crippen LogP contribution in [0.5, 0.6) is 0 Å². The fraction of sp³-hybridized carbons (Fsp3) is 0.308. The molecule has 1 atom stereocenters. The zero-order chi connectivity index (χ0) is 23.5. The maximum Gasteiger partial charge on any atom is 0.254 e. The lowest BCUT2D eigenvalue weighted by molar-refractivity contribution is 0.0737. The number of rotatable bonds is 5. The first-order chi connectivity index (χ1) is 16.5. The third-order valence-electron chi connectivity index (χ3n) is 6.01. The fourth-order valence-electron chi connectivity index (χ4n) is 4.51. The summed E-state index contributed by atoms with van der Waals surface area (Å²) in [7, 11) is 0. The van der Waals surface area contributed by atoms with Gasteiger partial charge in [0.2, 0.25) is 5.95 Å². The van der Waals surface area contributed by atoms with Gasteiger partial charge in [-0.3, -0.25) is 4.79 Å². The molecule has 8 heteroatoms. The van der Waals surface area contributed by atoms with E-state index in [-0.39, 0.29) is 11.8 Å². The Labute approximate surface area is 198 Å². The van der Waals surface area contributed by atoms with Crippen molar-refractivity contribution >= 4 is 23.1 Å². The van der Waals surface area contributed by atoms with Crippen LogP contribution in [0.3, 0.4) is 0 Å². The van der Waals surface area contributed by atoms with E-state index in [0.29, 0.717) is 37.8 Å². The molecule has 4 heterocycles. The van der Waals surface area contributed by atoms with Crippen LogP contribution in [0.25, 0.3) is 5.52 Å². The van der Waals surface area contributed by atoms with Crippen molar-refractivity contribution in [3.05, 3.63) is 83.4 Å². The average molecular weight is 457 g/mol. The lowest BCUT2D eigenvalue weighted by atomic mass is 9.99. The van der Waals surface area contributed by atoms with Crippen LogP contribution in [0.4, 0.5) is 11.6 Å². The standard InChI is InChI=1S/C26H28N6O2/c1-18-13-19(2)29-26(28-18)30-23-7-3-5-22(15-23)25(33)31-11-12-34-17-20(16-31)14-21-6-4-10-32-24(21)8-9-27-32/h3-10,13,15,20H,11-12,14,16-17H2,1-2H3,(H,28,29,30)/t20-/m1/s1. The van der Waals surface area contributed by atoms with Crippen molar-refractivity contribution in [2.24, 2.45) is 5.92 Å². The lowest BCUT2D eigenvalue weighted by Gasteiger charge is -2.24. The summed E-state index contributed by atoms with van der Waals surface area (Å²) < 4.78 is 7.75. The Bertz CT molecular complexity index is 1300. The van der Waals surface area contributed by atoms with Crippen molar-refractivity contribution in [2.75, 3.05) is 31.6 Å². The second-order valence-corrected chi connectivity index (χ2v) is 8.77. The Morgan fingerprint density at radius 1 is 1.12 bits per heavy atom. The third kappa shape index (κ3) is 4.92. The summed E-state index contributed by atoms with van der Waals surface area (Å²) in [5.74, 6) is 0.736. The number of ether oxygens (including phenoxy) is 1. The molecule has 0 saturated carbocycles. The first-order valence-electron chi connectivity index (χ1n) is 11.5. The van der Waals surface area contributed by atoms with E-state index in [2.05, 4.69) is 26.4 Å². The number of amides is 1. The van der Waals surface area contributed by atoms with E-state index in [0.717, 1.165) is 29.0 Å². The van der Waals surface area contributed by atoms with Gasteiger partial charge in [0.15, 0.2) is 0 Å². The van der Waals surface area contributed by atoms with Crippen LogP contribution in [0, 0.1) is 19.8 Å². The topological polar surface area (TPSA) is 84.7 Å². The molecule has 8 nitrogen and oxygen atoms in total. The van der Waals surface area contributed by atoms with Gasteiger partial charge in [0.25, 0.3) is 5.91 Å². The molecule has 5 rings (SSSR count). The Morgan fingerprint density at radius 2 is 1.97 bits per heavy atom. The highest BCUT2D eigenvalue weighted by Crippen LogP contribution is 2.21. The van der Waals surface area contributed by atoms with Gasteiger partial charge in [-0.1, -0.05) is 12.1 Å². The highest BCUT2D eigenvalue weighted by atomic mass is 16.5. The van der Waals surface area contributed by atoms with Gasteiger partial charge in [0, 0.05) is 54.0 Å². The molecule has 3 aromatic heterocycles. The molecule has 174 valence electrons. The Kier molecular flexibility index (Phi) is 6.22. The molecule has 0 bridgehead atoms. The molecule has 0 aliphatic carbocycles. The van der Waals surface area contributed by atoms with Gasteiger partial charge < -0.3 is 15.0 Å². The van der Waals surface area contributed by atoms with Crippen LogP contribution in [0.15, 0.2) is 60.9 Å². The van der Waals surface area contributed by atoms with E-state index in [9.17, 15) is 4.79 Å². The van der Waals surface area contributed by atoms with Crippen LogP contribution in [0.1, 0.15) is 27.3 Å². The summed E-state index contributed by atoms with van der Waals surface area (Å²) in [5.41, 5.74) is 5.51. The predicted octanol–water partition coefficient (Wildman–Crippen LogP) is 3.82. The summed E-state index contributed by atoms with van der Waals surface area (Å²) >= 11 is 0. The second-order valence-electron chi connectivity index (χ2n) is 8.77. The highest BCUT2D eigenvalue weighted by Gasteiger charge is 2.24. The van der Waals surface area contributed by atoms with Crippen molar-refractivity contribution in [1.82, 2.24) is 24.5 Å². The molecule has 1 aliphatic heterocycles. The smallest absolute Gasteiger partial charge is 0.254 e. The Morgan fingerprint density at radius 3 is 2.82 bits per heavy atom.